The number of nitrogens with zero attached hydrogens (tertiary/aromatic N) is 1. The zero-order chi connectivity index (χ0) is 20.5. The molecule has 2 amide bonds. The van der Waals surface area contributed by atoms with Crippen LogP contribution < -0.4 is 10.2 Å². The highest BCUT2D eigenvalue weighted by Gasteiger charge is 2.41. The fourth-order valence-electron chi connectivity index (χ4n) is 3.16. The van der Waals surface area contributed by atoms with E-state index in [2.05, 4.69) is 5.32 Å². The van der Waals surface area contributed by atoms with Gasteiger partial charge in [-0.25, -0.2) is 9.29 Å². The average molecular weight is 407 g/mol. The van der Waals surface area contributed by atoms with Gasteiger partial charge >= 0.3 is 0 Å². The van der Waals surface area contributed by atoms with Crippen molar-refractivity contribution in [2.45, 2.75) is 6.92 Å². The maximum Gasteiger partial charge on any atom is 0.282 e. The topological polar surface area (TPSA) is 49.4 Å². The highest BCUT2D eigenvalue weighted by molar-refractivity contribution is 6.48. The van der Waals surface area contributed by atoms with Gasteiger partial charge < -0.3 is 5.32 Å². The smallest absolute Gasteiger partial charge is 0.282 e. The van der Waals surface area contributed by atoms with Crippen LogP contribution in [0.4, 0.5) is 15.8 Å². The van der Waals surface area contributed by atoms with E-state index in [1.165, 1.54) is 24.3 Å². The second-order valence-electron chi connectivity index (χ2n) is 6.65. The number of hydrogen-bond donors (Lipinski definition) is 1. The van der Waals surface area contributed by atoms with E-state index in [0.29, 0.717) is 16.9 Å². The Labute approximate surface area is 172 Å². The first-order valence-corrected chi connectivity index (χ1v) is 9.31. The molecule has 29 heavy (non-hydrogen) atoms. The van der Waals surface area contributed by atoms with Gasteiger partial charge in [-0.3, -0.25) is 9.59 Å². The summed E-state index contributed by atoms with van der Waals surface area (Å²) in [6.45, 7) is 1.95. The van der Waals surface area contributed by atoms with Crippen molar-refractivity contribution in [1.82, 2.24) is 0 Å². The molecule has 0 atom stereocenters. The Morgan fingerprint density at radius 1 is 0.862 bits per heavy atom. The Bertz CT molecular complexity index is 1140. The predicted octanol–water partition coefficient (Wildman–Crippen LogP) is 5.18. The lowest BCUT2D eigenvalue weighted by molar-refractivity contribution is -0.120. The Balaban J connectivity index is 1.83. The molecule has 0 bridgehead atoms. The average Bonchev–Trinajstić information content (AvgIpc) is 2.95. The van der Waals surface area contributed by atoms with Gasteiger partial charge in [-0.2, -0.15) is 0 Å². The minimum Gasteiger partial charge on any atom is -0.350 e. The van der Waals surface area contributed by atoms with Crippen LogP contribution in [0.1, 0.15) is 11.1 Å². The highest BCUT2D eigenvalue weighted by Crippen LogP contribution is 2.36. The van der Waals surface area contributed by atoms with Gasteiger partial charge in [0.25, 0.3) is 11.8 Å². The van der Waals surface area contributed by atoms with E-state index in [1.807, 2.05) is 31.2 Å². The van der Waals surface area contributed by atoms with E-state index in [-0.39, 0.29) is 16.3 Å². The number of halogens is 2. The quantitative estimate of drug-likeness (QED) is 0.607. The van der Waals surface area contributed by atoms with Crippen molar-refractivity contribution in [2.75, 3.05) is 10.2 Å². The lowest BCUT2D eigenvalue weighted by atomic mass is 10.0. The van der Waals surface area contributed by atoms with Gasteiger partial charge in [0.2, 0.25) is 0 Å². The summed E-state index contributed by atoms with van der Waals surface area (Å²) in [6, 6.07) is 19.5. The van der Waals surface area contributed by atoms with E-state index in [0.717, 1.165) is 10.5 Å². The molecule has 0 radical (unpaired) electrons. The summed E-state index contributed by atoms with van der Waals surface area (Å²) in [7, 11) is 0. The maximum atomic E-state index is 13.4. The van der Waals surface area contributed by atoms with Crippen LogP contribution in [0, 0.1) is 12.7 Å². The molecule has 4 nitrogen and oxygen atoms in total. The Kier molecular flexibility index (Phi) is 4.91. The van der Waals surface area contributed by atoms with Gasteiger partial charge in [0.05, 0.1) is 16.3 Å². The molecule has 0 fully saturated rings. The third-order valence-corrected chi connectivity index (χ3v) is 4.95. The molecular formula is C23H16ClFN2O2. The lowest BCUT2D eigenvalue weighted by Crippen LogP contribution is -2.32. The van der Waals surface area contributed by atoms with Crippen LogP contribution in [0.15, 0.2) is 78.5 Å². The van der Waals surface area contributed by atoms with Crippen LogP contribution in [0.25, 0.3) is 5.57 Å². The molecule has 0 saturated heterocycles. The van der Waals surface area contributed by atoms with E-state index < -0.39 is 17.6 Å². The van der Waals surface area contributed by atoms with Crippen molar-refractivity contribution in [3.8, 4) is 0 Å². The van der Waals surface area contributed by atoms with E-state index in [4.69, 9.17) is 11.6 Å². The number of para-hydroxylation sites is 1. The van der Waals surface area contributed by atoms with Crippen LogP contribution in [-0.4, -0.2) is 11.8 Å². The molecule has 0 saturated carbocycles. The minimum absolute atomic E-state index is 0.116. The van der Waals surface area contributed by atoms with Crippen molar-refractivity contribution < 1.29 is 14.0 Å². The maximum absolute atomic E-state index is 13.4. The first-order chi connectivity index (χ1) is 14.0. The molecule has 0 unspecified atom stereocenters. The number of anilines is 2. The van der Waals surface area contributed by atoms with Gasteiger partial charge in [0, 0.05) is 5.69 Å². The Morgan fingerprint density at radius 3 is 2.17 bits per heavy atom. The summed E-state index contributed by atoms with van der Waals surface area (Å²) in [5.41, 5.74) is 2.74. The molecule has 1 N–H and O–H groups in total. The number of rotatable bonds is 4. The fraction of sp³-hybridized carbons (Fsp3) is 0.0435. The zero-order valence-electron chi connectivity index (χ0n) is 15.4. The van der Waals surface area contributed by atoms with Crippen molar-refractivity contribution >= 4 is 40.4 Å². The molecule has 1 heterocycles. The number of aryl methyl sites for hydroxylation is 1. The zero-order valence-corrected chi connectivity index (χ0v) is 16.2. The minimum atomic E-state index is -0.525. The van der Waals surface area contributed by atoms with E-state index in [9.17, 15) is 14.0 Å². The Morgan fingerprint density at radius 2 is 1.52 bits per heavy atom. The highest BCUT2D eigenvalue weighted by atomic mass is 35.5. The van der Waals surface area contributed by atoms with Gasteiger partial charge in [0.1, 0.15) is 11.5 Å². The molecule has 6 heteroatoms. The third kappa shape index (κ3) is 3.52. The third-order valence-electron chi connectivity index (χ3n) is 4.63. The Hall–Kier alpha value is -3.44. The first kappa shape index (κ1) is 18.9. The summed E-state index contributed by atoms with van der Waals surface area (Å²) >= 11 is 6.24. The number of carbonyl (C=O) groups is 2. The summed E-state index contributed by atoms with van der Waals surface area (Å²) in [4.78, 5) is 27.5. The van der Waals surface area contributed by atoms with Gasteiger partial charge in [0.15, 0.2) is 0 Å². The van der Waals surface area contributed by atoms with Crippen LogP contribution in [0.2, 0.25) is 5.02 Å². The number of amides is 2. The second-order valence-corrected chi connectivity index (χ2v) is 7.05. The van der Waals surface area contributed by atoms with Gasteiger partial charge in [-0.15, -0.1) is 0 Å². The predicted molar refractivity (Wildman–Crippen MR) is 112 cm³/mol. The molecule has 3 aromatic carbocycles. The van der Waals surface area contributed by atoms with Crippen LogP contribution >= 0.6 is 11.6 Å². The second kappa shape index (κ2) is 7.53. The van der Waals surface area contributed by atoms with Crippen molar-refractivity contribution in [3.63, 3.8) is 0 Å². The molecule has 4 rings (SSSR count). The van der Waals surface area contributed by atoms with E-state index >= 15 is 0 Å². The molecule has 3 aromatic rings. The summed E-state index contributed by atoms with van der Waals surface area (Å²) < 4.78 is 13.4. The summed E-state index contributed by atoms with van der Waals surface area (Å²) in [5, 5.41) is 3.34. The van der Waals surface area contributed by atoms with Crippen molar-refractivity contribution in [1.29, 1.82) is 0 Å². The van der Waals surface area contributed by atoms with Crippen LogP contribution in [-0.2, 0) is 9.59 Å². The molecule has 1 aliphatic heterocycles. The van der Waals surface area contributed by atoms with Gasteiger partial charge in [-0.1, -0.05) is 53.6 Å². The number of imide groups is 1. The number of benzene rings is 3. The largest absolute Gasteiger partial charge is 0.350 e. The van der Waals surface area contributed by atoms with Gasteiger partial charge in [-0.05, 0) is 48.9 Å². The van der Waals surface area contributed by atoms with Crippen molar-refractivity contribution in [2.24, 2.45) is 0 Å². The standard InChI is InChI=1S/C23H16ClFN2O2/c1-14-6-12-17(13-7-14)26-21-20(15-8-10-16(25)11-9-15)22(28)27(23(21)29)19-5-3-2-4-18(19)24/h2-13,26H,1H3. The lowest BCUT2D eigenvalue weighted by Gasteiger charge is -2.16. The summed E-state index contributed by atoms with van der Waals surface area (Å²) in [6.07, 6.45) is 0. The normalized spacial score (nSPS) is 14.0. The summed E-state index contributed by atoms with van der Waals surface area (Å²) in [5.74, 6) is -1.48. The SMILES string of the molecule is Cc1ccc(NC2=C(c3ccc(F)cc3)C(=O)N(c3ccccc3Cl)C2=O)cc1. The molecule has 0 aromatic heterocycles. The molecule has 1 aliphatic rings. The fourth-order valence-corrected chi connectivity index (χ4v) is 3.38. The molecular weight excluding hydrogens is 391 g/mol. The first-order valence-electron chi connectivity index (χ1n) is 8.93. The van der Waals surface area contributed by atoms with E-state index in [1.54, 1.807) is 24.3 Å². The van der Waals surface area contributed by atoms with Crippen molar-refractivity contribution in [3.05, 3.63) is 100 Å². The number of nitrogens with one attached hydrogen (secondary N) is 1. The number of hydrogen-bond acceptors (Lipinski definition) is 3. The monoisotopic (exact) mass is 406 g/mol. The van der Waals surface area contributed by atoms with Crippen LogP contribution in [0.3, 0.4) is 0 Å². The molecule has 144 valence electrons. The number of carbonyl (C=O) groups excluding carboxylic acids is 2. The van der Waals surface area contributed by atoms with Crippen LogP contribution in [0.5, 0.6) is 0 Å². The molecule has 0 spiro atoms. The molecule has 0 aliphatic carbocycles.